The molecule has 13 heteroatoms. The lowest BCUT2D eigenvalue weighted by Gasteiger charge is -2.37. The molecule has 5 aromatic rings. The first-order valence-electron chi connectivity index (χ1n) is 13.4. The highest BCUT2D eigenvalue weighted by Crippen LogP contribution is 2.38. The minimum absolute atomic E-state index is 0.0396. The summed E-state index contributed by atoms with van der Waals surface area (Å²) >= 11 is 0. The third-order valence-corrected chi connectivity index (χ3v) is 8.02. The van der Waals surface area contributed by atoms with Crippen molar-refractivity contribution in [3.63, 3.8) is 0 Å². The monoisotopic (exact) mass is 560 g/mol. The lowest BCUT2D eigenvalue weighted by Crippen LogP contribution is -2.51. The molecule has 2 aliphatic rings. The van der Waals surface area contributed by atoms with Gasteiger partial charge in [0, 0.05) is 55.7 Å². The summed E-state index contributed by atoms with van der Waals surface area (Å²) in [6, 6.07) is 7.53. The summed E-state index contributed by atoms with van der Waals surface area (Å²) in [5.74, 6) is -1.64. The number of β-amino-alcohol motifs (C(OH)–C–C–N with tert-alkyl or cyclic N) is 1. The molecule has 0 atom stereocenters. The molecule has 4 aromatic heterocycles. The number of hydrogen-bond acceptors (Lipinski definition) is 7. The molecule has 0 aliphatic carbocycles. The number of aliphatic hydroxyl groups excluding tert-OH is 1. The van der Waals surface area contributed by atoms with Crippen LogP contribution in [-0.4, -0.2) is 77.3 Å². The molecule has 2 aliphatic heterocycles. The number of rotatable bonds is 5. The predicted octanol–water partition coefficient (Wildman–Crippen LogP) is 2.46. The van der Waals surface area contributed by atoms with E-state index in [1.165, 1.54) is 18.5 Å². The van der Waals surface area contributed by atoms with Crippen molar-refractivity contribution >= 4 is 33.9 Å². The Morgan fingerprint density at radius 2 is 1.85 bits per heavy atom. The number of benzene rings is 1. The SMILES string of the molecule is O=C(Cn1cc(-c2cccc(F)c2F)c2c(N3CC(O)C3)ncnc21)N1CCC(n2c(=O)[nH]c3ncccc32)CC1. The Balaban J connectivity index is 1.17. The Bertz CT molecular complexity index is 1850. The van der Waals surface area contributed by atoms with Gasteiger partial charge in [0.25, 0.3) is 0 Å². The molecule has 0 spiro atoms. The molecular formula is C28H26F2N8O3. The molecule has 6 heterocycles. The zero-order valence-electron chi connectivity index (χ0n) is 21.9. The number of pyridine rings is 1. The van der Waals surface area contributed by atoms with Crippen molar-refractivity contribution < 1.29 is 18.7 Å². The second-order valence-electron chi connectivity index (χ2n) is 10.5. The van der Waals surface area contributed by atoms with Crippen molar-refractivity contribution in [3.05, 3.63) is 71.2 Å². The average molecular weight is 561 g/mol. The van der Waals surface area contributed by atoms with Crippen LogP contribution in [0.15, 0.2) is 53.8 Å². The van der Waals surface area contributed by atoms with Crippen LogP contribution in [0, 0.1) is 11.6 Å². The first kappa shape index (κ1) is 25.3. The van der Waals surface area contributed by atoms with E-state index in [9.17, 15) is 23.5 Å². The largest absolute Gasteiger partial charge is 0.389 e. The zero-order valence-corrected chi connectivity index (χ0v) is 21.9. The average Bonchev–Trinajstić information content (AvgIpc) is 3.49. The fraction of sp³-hybridized carbons (Fsp3) is 0.321. The smallest absolute Gasteiger partial charge is 0.327 e. The number of nitrogens with zero attached hydrogens (tertiary/aromatic N) is 7. The number of nitrogens with one attached hydrogen (secondary N) is 1. The van der Waals surface area contributed by atoms with Crippen molar-refractivity contribution in [2.45, 2.75) is 31.5 Å². The number of aromatic nitrogens is 6. The quantitative estimate of drug-likeness (QED) is 0.338. The lowest BCUT2D eigenvalue weighted by molar-refractivity contribution is -0.133. The van der Waals surface area contributed by atoms with Crippen LogP contribution in [0.1, 0.15) is 18.9 Å². The Kier molecular flexibility index (Phi) is 6.03. The molecule has 41 heavy (non-hydrogen) atoms. The van der Waals surface area contributed by atoms with E-state index in [-0.39, 0.29) is 29.7 Å². The maximum atomic E-state index is 15.0. The number of anilines is 1. The number of piperidine rings is 1. The third-order valence-electron chi connectivity index (χ3n) is 8.02. The molecular weight excluding hydrogens is 534 g/mol. The molecule has 0 saturated carbocycles. The normalized spacial score (nSPS) is 16.6. The van der Waals surface area contributed by atoms with Crippen LogP contribution in [0.3, 0.4) is 0 Å². The number of fused-ring (bicyclic) bond motifs is 2. The minimum Gasteiger partial charge on any atom is -0.389 e. The molecule has 1 amide bonds. The Hall–Kier alpha value is -4.65. The number of aliphatic hydroxyl groups is 1. The molecule has 2 saturated heterocycles. The van der Waals surface area contributed by atoms with Gasteiger partial charge in [0.2, 0.25) is 5.91 Å². The predicted molar refractivity (Wildman–Crippen MR) is 146 cm³/mol. The molecule has 7 rings (SSSR count). The summed E-state index contributed by atoms with van der Waals surface area (Å²) in [5, 5.41) is 10.3. The summed E-state index contributed by atoms with van der Waals surface area (Å²) < 4.78 is 32.5. The maximum absolute atomic E-state index is 15.0. The van der Waals surface area contributed by atoms with Crippen LogP contribution in [-0.2, 0) is 11.3 Å². The van der Waals surface area contributed by atoms with Gasteiger partial charge in [-0.05, 0) is 31.0 Å². The van der Waals surface area contributed by atoms with Gasteiger partial charge in [-0.2, -0.15) is 0 Å². The van der Waals surface area contributed by atoms with E-state index < -0.39 is 17.7 Å². The van der Waals surface area contributed by atoms with E-state index in [2.05, 4.69) is 19.9 Å². The Labute approximate surface area is 231 Å². The fourth-order valence-corrected chi connectivity index (χ4v) is 5.95. The summed E-state index contributed by atoms with van der Waals surface area (Å²) in [6.45, 7) is 1.56. The number of hydrogen-bond donors (Lipinski definition) is 2. The first-order valence-corrected chi connectivity index (χ1v) is 13.4. The van der Waals surface area contributed by atoms with Crippen LogP contribution >= 0.6 is 0 Å². The second kappa shape index (κ2) is 9.77. The van der Waals surface area contributed by atoms with E-state index in [1.807, 2.05) is 11.0 Å². The Morgan fingerprint density at radius 3 is 2.63 bits per heavy atom. The van der Waals surface area contributed by atoms with Crippen molar-refractivity contribution in [1.29, 1.82) is 0 Å². The van der Waals surface area contributed by atoms with E-state index in [4.69, 9.17) is 0 Å². The van der Waals surface area contributed by atoms with Gasteiger partial charge in [-0.25, -0.2) is 28.5 Å². The van der Waals surface area contributed by atoms with Gasteiger partial charge in [0.1, 0.15) is 24.3 Å². The number of amides is 1. The maximum Gasteiger partial charge on any atom is 0.327 e. The highest BCUT2D eigenvalue weighted by atomic mass is 19.2. The number of imidazole rings is 1. The fourth-order valence-electron chi connectivity index (χ4n) is 5.95. The number of likely N-dealkylation sites (tertiary alicyclic amines) is 1. The van der Waals surface area contributed by atoms with Crippen LogP contribution in [0.5, 0.6) is 0 Å². The minimum atomic E-state index is -0.999. The van der Waals surface area contributed by atoms with Crippen molar-refractivity contribution in [1.82, 2.24) is 34.0 Å². The molecule has 0 unspecified atom stereocenters. The van der Waals surface area contributed by atoms with Gasteiger partial charge in [-0.3, -0.25) is 14.3 Å². The molecule has 2 N–H and O–H groups in total. The number of H-pyrrole nitrogens is 1. The molecule has 0 bridgehead atoms. The Morgan fingerprint density at radius 1 is 1.05 bits per heavy atom. The van der Waals surface area contributed by atoms with Crippen molar-refractivity contribution in [2.24, 2.45) is 0 Å². The van der Waals surface area contributed by atoms with Crippen LogP contribution < -0.4 is 10.6 Å². The summed E-state index contributed by atoms with van der Waals surface area (Å²) in [6.07, 6.45) is 5.31. The highest BCUT2D eigenvalue weighted by Gasteiger charge is 2.31. The summed E-state index contributed by atoms with van der Waals surface area (Å²) in [4.78, 5) is 45.5. The van der Waals surface area contributed by atoms with Gasteiger partial charge in [0.05, 0.1) is 17.0 Å². The van der Waals surface area contributed by atoms with Crippen LogP contribution in [0.2, 0.25) is 0 Å². The third kappa shape index (κ3) is 4.24. The molecule has 11 nitrogen and oxygen atoms in total. The summed E-state index contributed by atoms with van der Waals surface area (Å²) in [5.41, 5.74) is 1.88. The first-order chi connectivity index (χ1) is 19.9. The van der Waals surface area contributed by atoms with Gasteiger partial charge in [0.15, 0.2) is 17.3 Å². The number of halogens is 2. The standard InChI is InChI=1S/C28H26F2N8O3/c29-20-4-1-3-18(24(20)30)19-13-37(27-23(19)26(32-15-33-27)36-11-17(39)12-36)14-22(40)35-9-6-16(7-10-35)38-21-5-2-8-31-25(21)34-28(38)41/h1-5,8,13,15-17,39H,6-7,9-12,14H2,(H,31,34,41). The van der Waals surface area contributed by atoms with Gasteiger partial charge in [-0.1, -0.05) is 12.1 Å². The van der Waals surface area contributed by atoms with E-state index in [0.717, 1.165) is 11.6 Å². The number of carbonyl (C=O) groups is 1. The topological polar surface area (TPSA) is 125 Å². The second-order valence-corrected chi connectivity index (χ2v) is 10.5. The van der Waals surface area contributed by atoms with Crippen LogP contribution in [0.25, 0.3) is 33.3 Å². The van der Waals surface area contributed by atoms with E-state index in [0.29, 0.717) is 67.1 Å². The molecule has 1 aromatic carbocycles. The zero-order chi connectivity index (χ0) is 28.2. The van der Waals surface area contributed by atoms with Crippen LogP contribution in [0.4, 0.5) is 14.6 Å². The van der Waals surface area contributed by atoms with E-state index >= 15 is 0 Å². The lowest BCUT2D eigenvalue weighted by atomic mass is 10.0. The number of aromatic amines is 1. The highest BCUT2D eigenvalue weighted by molar-refractivity contribution is 6.02. The van der Waals surface area contributed by atoms with Gasteiger partial charge in [-0.15, -0.1) is 0 Å². The van der Waals surface area contributed by atoms with Gasteiger partial charge >= 0.3 is 5.69 Å². The number of carbonyl (C=O) groups excluding carboxylic acids is 1. The molecule has 2 fully saturated rings. The van der Waals surface area contributed by atoms with Crippen molar-refractivity contribution in [2.75, 3.05) is 31.1 Å². The van der Waals surface area contributed by atoms with E-state index in [1.54, 1.807) is 32.5 Å². The molecule has 0 radical (unpaired) electrons. The van der Waals surface area contributed by atoms with Gasteiger partial charge < -0.3 is 19.5 Å². The molecule has 210 valence electrons. The summed E-state index contributed by atoms with van der Waals surface area (Å²) in [7, 11) is 0. The van der Waals surface area contributed by atoms with Crippen molar-refractivity contribution in [3.8, 4) is 11.1 Å².